The highest BCUT2D eigenvalue weighted by molar-refractivity contribution is 6.80. The first kappa shape index (κ1) is 15.2. The second-order valence-electron chi connectivity index (χ2n) is 4.85. The number of H-pyrrole nitrogens is 1. The molecule has 0 atom stereocenters. The van der Waals surface area contributed by atoms with Crippen LogP contribution in [0.2, 0.25) is 10.0 Å². The molecule has 0 aliphatic rings. The molecule has 0 spiro atoms. The topological polar surface area (TPSA) is 37.9 Å². The Kier molecular flexibility index (Phi) is 4.83. The SMILES string of the molecule is Clc1ccc(B(OCc2c[nH]cn2)c2ccc(Cl)cc2)cc1. The van der Waals surface area contributed by atoms with Crippen LogP contribution in [0.4, 0.5) is 0 Å². The summed E-state index contributed by atoms with van der Waals surface area (Å²) in [7, 11) is 0. The lowest BCUT2D eigenvalue weighted by Gasteiger charge is -2.15. The van der Waals surface area contributed by atoms with Gasteiger partial charge < -0.3 is 9.64 Å². The lowest BCUT2D eigenvalue weighted by atomic mass is 9.55. The van der Waals surface area contributed by atoms with Gasteiger partial charge in [0.05, 0.1) is 18.6 Å². The van der Waals surface area contributed by atoms with Crippen LogP contribution in [0.1, 0.15) is 5.69 Å². The highest BCUT2D eigenvalue weighted by Gasteiger charge is 2.21. The minimum Gasteiger partial charge on any atom is -0.421 e. The van der Waals surface area contributed by atoms with Crippen LogP contribution < -0.4 is 10.9 Å². The highest BCUT2D eigenvalue weighted by Crippen LogP contribution is 2.08. The molecule has 0 radical (unpaired) electrons. The van der Waals surface area contributed by atoms with Crippen molar-refractivity contribution in [2.45, 2.75) is 6.61 Å². The Morgan fingerprint density at radius 2 is 1.45 bits per heavy atom. The average Bonchev–Trinajstić information content (AvgIpc) is 3.04. The third kappa shape index (κ3) is 3.71. The van der Waals surface area contributed by atoms with E-state index in [1.807, 2.05) is 54.7 Å². The number of rotatable bonds is 5. The van der Waals surface area contributed by atoms with Crippen molar-refractivity contribution in [3.05, 3.63) is 76.8 Å². The van der Waals surface area contributed by atoms with Gasteiger partial charge in [-0.15, -0.1) is 0 Å². The first-order chi connectivity index (χ1) is 10.7. The van der Waals surface area contributed by atoms with E-state index in [-0.39, 0.29) is 6.92 Å². The number of hydrogen-bond acceptors (Lipinski definition) is 2. The van der Waals surface area contributed by atoms with Gasteiger partial charge in [-0.2, -0.15) is 0 Å². The van der Waals surface area contributed by atoms with E-state index in [1.165, 1.54) is 0 Å². The summed E-state index contributed by atoms with van der Waals surface area (Å²) < 4.78 is 6.07. The van der Waals surface area contributed by atoms with E-state index in [4.69, 9.17) is 27.9 Å². The Morgan fingerprint density at radius 3 is 1.91 bits per heavy atom. The molecule has 1 aromatic heterocycles. The summed E-state index contributed by atoms with van der Waals surface area (Å²) in [5.74, 6) is 0. The van der Waals surface area contributed by atoms with Crippen LogP contribution in [0, 0.1) is 0 Å². The van der Waals surface area contributed by atoms with Crippen LogP contribution in [-0.4, -0.2) is 16.9 Å². The minimum absolute atomic E-state index is 0.203. The summed E-state index contributed by atoms with van der Waals surface area (Å²) in [5.41, 5.74) is 2.91. The van der Waals surface area contributed by atoms with Gasteiger partial charge in [0.1, 0.15) is 0 Å². The third-order valence-corrected chi connectivity index (χ3v) is 3.80. The molecule has 0 saturated carbocycles. The third-order valence-electron chi connectivity index (χ3n) is 3.30. The Labute approximate surface area is 139 Å². The van der Waals surface area contributed by atoms with Gasteiger partial charge in [-0.1, -0.05) is 47.5 Å². The predicted octanol–water partition coefficient (Wildman–Crippen LogP) is 3.04. The molecule has 3 aromatic rings. The van der Waals surface area contributed by atoms with Crippen molar-refractivity contribution in [3.8, 4) is 0 Å². The molecule has 0 aliphatic carbocycles. The van der Waals surface area contributed by atoms with E-state index in [0.717, 1.165) is 16.6 Å². The van der Waals surface area contributed by atoms with Crippen LogP contribution >= 0.6 is 23.2 Å². The molecule has 1 N–H and O–H groups in total. The van der Waals surface area contributed by atoms with E-state index in [2.05, 4.69) is 9.97 Å². The molecule has 2 aromatic carbocycles. The molecule has 3 nitrogen and oxygen atoms in total. The van der Waals surface area contributed by atoms with Crippen LogP contribution in [-0.2, 0) is 11.3 Å². The van der Waals surface area contributed by atoms with E-state index in [1.54, 1.807) is 6.33 Å². The van der Waals surface area contributed by atoms with Crippen molar-refractivity contribution >= 4 is 41.0 Å². The summed E-state index contributed by atoms with van der Waals surface area (Å²) in [5, 5.41) is 1.40. The van der Waals surface area contributed by atoms with Gasteiger partial charge in [-0.25, -0.2) is 4.98 Å². The van der Waals surface area contributed by atoms with Crippen molar-refractivity contribution in [1.29, 1.82) is 0 Å². The first-order valence-electron chi connectivity index (χ1n) is 6.82. The van der Waals surface area contributed by atoms with Crippen LogP contribution in [0.15, 0.2) is 61.1 Å². The second-order valence-corrected chi connectivity index (χ2v) is 5.73. The molecule has 0 aliphatic heterocycles. The molecular formula is C16H13BCl2N2O. The van der Waals surface area contributed by atoms with Crippen molar-refractivity contribution in [2.24, 2.45) is 0 Å². The minimum atomic E-state index is -0.203. The standard InChI is InChI=1S/C16H13BCl2N2O/c18-14-5-1-12(2-6-14)17(13-3-7-15(19)8-4-13)22-10-16-9-20-11-21-16/h1-9,11H,10H2,(H,20,21). The van der Waals surface area contributed by atoms with Crippen LogP contribution in [0.5, 0.6) is 0 Å². The van der Waals surface area contributed by atoms with Crippen molar-refractivity contribution in [2.75, 3.05) is 0 Å². The molecule has 110 valence electrons. The maximum absolute atomic E-state index is 6.07. The average molecular weight is 331 g/mol. The van der Waals surface area contributed by atoms with Crippen molar-refractivity contribution in [1.82, 2.24) is 9.97 Å². The summed E-state index contributed by atoms with van der Waals surface area (Å²) in [6.07, 6.45) is 3.46. The lowest BCUT2D eigenvalue weighted by molar-refractivity contribution is 0.317. The fourth-order valence-electron chi connectivity index (χ4n) is 2.20. The fourth-order valence-corrected chi connectivity index (χ4v) is 2.45. The Morgan fingerprint density at radius 1 is 0.909 bits per heavy atom. The smallest absolute Gasteiger partial charge is 0.361 e. The van der Waals surface area contributed by atoms with Gasteiger partial charge in [0.2, 0.25) is 0 Å². The number of nitrogens with one attached hydrogen (secondary N) is 1. The maximum atomic E-state index is 6.07. The van der Waals surface area contributed by atoms with Crippen molar-refractivity contribution < 1.29 is 4.65 Å². The molecule has 0 amide bonds. The molecular weight excluding hydrogens is 318 g/mol. The van der Waals surface area contributed by atoms with Crippen molar-refractivity contribution in [3.63, 3.8) is 0 Å². The number of imidazole rings is 1. The number of aromatic amines is 1. The second kappa shape index (κ2) is 7.01. The zero-order valence-electron chi connectivity index (χ0n) is 11.7. The maximum Gasteiger partial charge on any atom is 0.361 e. The first-order valence-corrected chi connectivity index (χ1v) is 7.58. The van der Waals surface area contributed by atoms with Gasteiger partial charge in [-0.3, -0.25) is 0 Å². The molecule has 0 unspecified atom stereocenters. The number of halogens is 2. The van der Waals surface area contributed by atoms with Gasteiger partial charge in [0.25, 0.3) is 0 Å². The van der Waals surface area contributed by atoms with E-state index >= 15 is 0 Å². The molecule has 3 rings (SSSR count). The fraction of sp³-hybridized carbons (Fsp3) is 0.0625. The Balaban J connectivity index is 1.87. The zero-order valence-corrected chi connectivity index (χ0v) is 13.2. The van der Waals surface area contributed by atoms with Crippen LogP contribution in [0.25, 0.3) is 0 Å². The van der Waals surface area contributed by atoms with Gasteiger partial charge in [-0.05, 0) is 35.2 Å². The molecule has 22 heavy (non-hydrogen) atoms. The number of benzene rings is 2. The number of nitrogens with zero attached hydrogens (tertiary/aromatic N) is 1. The number of aromatic nitrogens is 2. The predicted molar refractivity (Wildman–Crippen MR) is 91.3 cm³/mol. The summed E-state index contributed by atoms with van der Waals surface area (Å²) in [6, 6.07) is 15.3. The quantitative estimate of drug-likeness (QED) is 0.730. The lowest BCUT2D eigenvalue weighted by Crippen LogP contribution is -2.44. The summed E-state index contributed by atoms with van der Waals surface area (Å²) in [4.78, 5) is 7.10. The van der Waals surface area contributed by atoms with Crippen LogP contribution in [0.3, 0.4) is 0 Å². The Hall–Kier alpha value is -1.75. The Bertz CT molecular complexity index is 669. The number of hydrogen-bond donors (Lipinski definition) is 1. The zero-order chi connectivity index (χ0) is 15.4. The molecule has 0 bridgehead atoms. The monoisotopic (exact) mass is 330 g/mol. The highest BCUT2D eigenvalue weighted by atomic mass is 35.5. The van der Waals surface area contributed by atoms with Gasteiger partial charge in [0, 0.05) is 16.2 Å². The molecule has 0 fully saturated rings. The van der Waals surface area contributed by atoms with Gasteiger partial charge in [0.15, 0.2) is 0 Å². The summed E-state index contributed by atoms with van der Waals surface area (Å²) >= 11 is 11.9. The van der Waals surface area contributed by atoms with E-state index in [0.29, 0.717) is 16.7 Å². The molecule has 0 saturated heterocycles. The van der Waals surface area contributed by atoms with Gasteiger partial charge >= 0.3 is 6.92 Å². The largest absolute Gasteiger partial charge is 0.421 e. The summed E-state index contributed by atoms with van der Waals surface area (Å²) in [6.45, 7) is 0.214. The normalized spacial score (nSPS) is 10.6. The van der Waals surface area contributed by atoms with E-state index in [9.17, 15) is 0 Å². The van der Waals surface area contributed by atoms with E-state index < -0.39 is 0 Å². The molecule has 6 heteroatoms. The molecule has 1 heterocycles.